The number of rotatable bonds is 4. The summed E-state index contributed by atoms with van der Waals surface area (Å²) in [5.41, 5.74) is 3.68. The van der Waals surface area contributed by atoms with Crippen molar-refractivity contribution in [1.29, 1.82) is 5.26 Å². The summed E-state index contributed by atoms with van der Waals surface area (Å²) in [7, 11) is 0. The normalized spacial score (nSPS) is 11.1. The molecule has 1 N–H and O–H groups in total. The van der Waals surface area contributed by atoms with E-state index in [4.69, 9.17) is 4.42 Å². The van der Waals surface area contributed by atoms with Gasteiger partial charge in [0.05, 0.1) is 0 Å². The van der Waals surface area contributed by atoms with Crippen molar-refractivity contribution in [2.75, 3.05) is 5.32 Å². The van der Waals surface area contributed by atoms with E-state index in [0.717, 1.165) is 21.2 Å². The van der Waals surface area contributed by atoms with E-state index in [0.29, 0.717) is 17.2 Å². The SMILES string of the molecule is Cc1cccc(NC(=O)C(C#N)=Cc2ccc(-c3ccc(C)cc3Br)o2)c1. The number of nitriles is 1. The van der Waals surface area contributed by atoms with Gasteiger partial charge in [-0.25, -0.2) is 0 Å². The number of carbonyl (C=O) groups is 1. The highest BCUT2D eigenvalue weighted by Crippen LogP contribution is 2.31. The highest BCUT2D eigenvalue weighted by atomic mass is 79.9. The van der Waals surface area contributed by atoms with Gasteiger partial charge in [0.15, 0.2) is 0 Å². The van der Waals surface area contributed by atoms with E-state index in [9.17, 15) is 10.1 Å². The van der Waals surface area contributed by atoms with Crippen molar-refractivity contribution >= 4 is 33.6 Å². The minimum absolute atomic E-state index is 0.0274. The van der Waals surface area contributed by atoms with Crippen molar-refractivity contribution in [3.05, 3.63) is 81.5 Å². The molecule has 0 aliphatic rings. The second-order valence-electron chi connectivity index (χ2n) is 6.18. The van der Waals surface area contributed by atoms with E-state index in [1.807, 2.05) is 62.4 Å². The Labute approximate surface area is 166 Å². The lowest BCUT2D eigenvalue weighted by atomic mass is 10.1. The molecule has 134 valence electrons. The Kier molecular flexibility index (Phi) is 5.58. The Balaban J connectivity index is 1.83. The first-order valence-corrected chi connectivity index (χ1v) is 9.12. The molecule has 0 aliphatic heterocycles. The van der Waals surface area contributed by atoms with Crippen LogP contribution >= 0.6 is 15.9 Å². The van der Waals surface area contributed by atoms with Crippen molar-refractivity contribution in [2.24, 2.45) is 0 Å². The fourth-order valence-corrected chi connectivity index (χ4v) is 3.30. The molecule has 0 unspecified atom stereocenters. The fourth-order valence-electron chi connectivity index (χ4n) is 2.61. The van der Waals surface area contributed by atoms with Gasteiger partial charge in [-0.2, -0.15) is 5.26 Å². The molecule has 27 heavy (non-hydrogen) atoms. The zero-order chi connectivity index (χ0) is 19.4. The van der Waals surface area contributed by atoms with Crippen LogP contribution in [0, 0.1) is 25.2 Å². The van der Waals surface area contributed by atoms with E-state index in [1.165, 1.54) is 6.08 Å². The Hall–Kier alpha value is -3.10. The number of hydrogen-bond acceptors (Lipinski definition) is 3. The van der Waals surface area contributed by atoms with E-state index >= 15 is 0 Å². The molecular weight excluding hydrogens is 404 g/mol. The molecule has 0 bridgehead atoms. The molecule has 4 nitrogen and oxygen atoms in total. The molecule has 0 spiro atoms. The lowest BCUT2D eigenvalue weighted by Crippen LogP contribution is -2.13. The van der Waals surface area contributed by atoms with Gasteiger partial charge in [-0.05, 0) is 61.4 Å². The number of amides is 1. The zero-order valence-electron chi connectivity index (χ0n) is 14.9. The first kappa shape index (κ1) is 18.7. The Morgan fingerprint density at radius 1 is 1.11 bits per heavy atom. The average molecular weight is 421 g/mol. The van der Waals surface area contributed by atoms with Crippen LogP contribution in [0.1, 0.15) is 16.9 Å². The van der Waals surface area contributed by atoms with Gasteiger partial charge in [0, 0.05) is 21.8 Å². The van der Waals surface area contributed by atoms with Gasteiger partial charge in [0.25, 0.3) is 5.91 Å². The summed E-state index contributed by atoms with van der Waals surface area (Å²) >= 11 is 3.53. The minimum atomic E-state index is -0.474. The largest absolute Gasteiger partial charge is 0.457 e. The third-order valence-corrected chi connectivity index (χ3v) is 4.60. The minimum Gasteiger partial charge on any atom is -0.457 e. The van der Waals surface area contributed by atoms with Crippen molar-refractivity contribution in [3.8, 4) is 17.4 Å². The summed E-state index contributed by atoms with van der Waals surface area (Å²) in [6, 6.07) is 18.8. The molecule has 0 atom stereocenters. The molecule has 0 radical (unpaired) electrons. The molecule has 3 aromatic rings. The van der Waals surface area contributed by atoms with Crippen LogP contribution in [0.5, 0.6) is 0 Å². The number of nitrogens with one attached hydrogen (secondary N) is 1. The lowest BCUT2D eigenvalue weighted by Gasteiger charge is -2.04. The van der Waals surface area contributed by atoms with Gasteiger partial charge < -0.3 is 9.73 Å². The van der Waals surface area contributed by atoms with Gasteiger partial charge in [-0.15, -0.1) is 0 Å². The van der Waals surface area contributed by atoms with Gasteiger partial charge >= 0.3 is 0 Å². The van der Waals surface area contributed by atoms with Crippen LogP contribution in [-0.2, 0) is 4.79 Å². The summed E-state index contributed by atoms with van der Waals surface area (Å²) < 4.78 is 6.73. The lowest BCUT2D eigenvalue weighted by molar-refractivity contribution is -0.112. The predicted molar refractivity (Wildman–Crippen MR) is 110 cm³/mol. The summed E-state index contributed by atoms with van der Waals surface area (Å²) in [4.78, 5) is 12.4. The fraction of sp³-hybridized carbons (Fsp3) is 0.0909. The summed E-state index contributed by atoms with van der Waals surface area (Å²) in [6.45, 7) is 3.95. The Bertz CT molecular complexity index is 1070. The summed E-state index contributed by atoms with van der Waals surface area (Å²) in [5, 5.41) is 12.1. The van der Waals surface area contributed by atoms with Crippen molar-refractivity contribution in [1.82, 2.24) is 0 Å². The van der Waals surface area contributed by atoms with Crippen LogP contribution in [0.4, 0.5) is 5.69 Å². The first-order chi connectivity index (χ1) is 13.0. The maximum Gasteiger partial charge on any atom is 0.266 e. The second-order valence-corrected chi connectivity index (χ2v) is 7.03. The van der Waals surface area contributed by atoms with E-state index in [2.05, 4.69) is 21.2 Å². The maximum absolute atomic E-state index is 12.4. The van der Waals surface area contributed by atoms with Crippen molar-refractivity contribution < 1.29 is 9.21 Å². The van der Waals surface area contributed by atoms with Crippen LogP contribution in [0.3, 0.4) is 0 Å². The molecule has 5 heteroatoms. The molecule has 1 heterocycles. The smallest absolute Gasteiger partial charge is 0.266 e. The first-order valence-electron chi connectivity index (χ1n) is 8.32. The quantitative estimate of drug-likeness (QED) is 0.423. The summed E-state index contributed by atoms with van der Waals surface area (Å²) in [6.07, 6.45) is 1.44. The third-order valence-electron chi connectivity index (χ3n) is 3.94. The Morgan fingerprint density at radius 3 is 2.59 bits per heavy atom. The number of anilines is 1. The van der Waals surface area contributed by atoms with Crippen LogP contribution in [-0.4, -0.2) is 5.91 Å². The Morgan fingerprint density at radius 2 is 1.89 bits per heavy atom. The number of aryl methyl sites for hydroxylation is 2. The number of carbonyl (C=O) groups excluding carboxylic acids is 1. The second kappa shape index (κ2) is 8.07. The van der Waals surface area contributed by atoms with Gasteiger partial charge in [-0.3, -0.25) is 4.79 Å². The number of hydrogen-bond donors (Lipinski definition) is 1. The molecule has 1 amide bonds. The molecular formula is C22H17BrN2O2. The molecule has 0 aliphatic carbocycles. The summed E-state index contributed by atoms with van der Waals surface area (Å²) in [5.74, 6) is 0.621. The molecule has 0 saturated heterocycles. The van der Waals surface area contributed by atoms with Crippen LogP contribution in [0.2, 0.25) is 0 Å². The van der Waals surface area contributed by atoms with Crippen LogP contribution in [0.25, 0.3) is 17.4 Å². The third kappa shape index (κ3) is 4.55. The number of benzene rings is 2. The van der Waals surface area contributed by atoms with Crippen LogP contribution < -0.4 is 5.32 Å². The van der Waals surface area contributed by atoms with E-state index in [-0.39, 0.29) is 5.57 Å². The average Bonchev–Trinajstić information content (AvgIpc) is 3.08. The van der Waals surface area contributed by atoms with Gasteiger partial charge in [0.1, 0.15) is 23.2 Å². The van der Waals surface area contributed by atoms with Crippen LogP contribution in [0.15, 0.2) is 69.1 Å². The molecule has 3 rings (SSSR count). The molecule has 1 aromatic heterocycles. The highest BCUT2D eigenvalue weighted by Gasteiger charge is 2.12. The van der Waals surface area contributed by atoms with Gasteiger partial charge in [-0.1, -0.05) is 34.1 Å². The molecule has 0 saturated carbocycles. The number of furan rings is 1. The number of nitrogens with zero attached hydrogens (tertiary/aromatic N) is 1. The highest BCUT2D eigenvalue weighted by molar-refractivity contribution is 9.10. The molecule has 0 fully saturated rings. The maximum atomic E-state index is 12.4. The van der Waals surface area contributed by atoms with Gasteiger partial charge in [0.2, 0.25) is 0 Å². The molecule has 2 aromatic carbocycles. The van der Waals surface area contributed by atoms with Crippen molar-refractivity contribution in [3.63, 3.8) is 0 Å². The van der Waals surface area contributed by atoms with E-state index in [1.54, 1.807) is 12.1 Å². The monoisotopic (exact) mass is 420 g/mol. The van der Waals surface area contributed by atoms with E-state index < -0.39 is 5.91 Å². The zero-order valence-corrected chi connectivity index (χ0v) is 16.5. The predicted octanol–water partition coefficient (Wildman–Crippen LogP) is 5.87. The topological polar surface area (TPSA) is 66.0 Å². The van der Waals surface area contributed by atoms with Crippen molar-refractivity contribution in [2.45, 2.75) is 13.8 Å². The number of halogens is 1. The standard InChI is InChI=1S/C22H17BrN2O2/c1-14-4-3-5-17(10-14)25-22(26)16(13-24)12-18-7-9-21(27-18)19-8-6-15(2)11-20(19)23/h3-12H,1-2H3,(H,25,26).